The molecule has 0 aromatic rings. The number of aliphatic hydroxyl groups excluding tert-OH is 8. The lowest BCUT2D eigenvalue weighted by molar-refractivity contribution is 0.205. The molecule has 224 valence electrons. The average Bonchev–Trinajstić information content (AvgIpc) is 2.91. The van der Waals surface area contributed by atoms with Crippen LogP contribution in [0, 0.1) is 0 Å². The molecule has 0 bridgehead atoms. The van der Waals surface area contributed by atoms with Crippen molar-refractivity contribution in [2.24, 2.45) is 0 Å². The van der Waals surface area contributed by atoms with Crippen LogP contribution in [0.25, 0.3) is 0 Å². The second-order valence-corrected chi connectivity index (χ2v) is 16.0. The summed E-state index contributed by atoms with van der Waals surface area (Å²) in [5.41, 5.74) is 0. The first kappa shape index (κ1) is 41.8. The first-order valence-corrected chi connectivity index (χ1v) is 16.2. The van der Waals surface area contributed by atoms with Crippen LogP contribution in [-0.4, -0.2) is 105 Å². The van der Waals surface area contributed by atoms with Gasteiger partial charge in [-0.3, -0.25) is 8.42 Å². The highest BCUT2D eigenvalue weighted by Gasteiger charge is 2.60. The first-order valence-electron chi connectivity index (χ1n) is 10.7. The van der Waals surface area contributed by atoms with E-state index in [1.54, 1.807) is 0 Å². The van der Waals surface area contributed by atoms with Crippen LogP contribution in [-0.2, 0) is 10.4 Å². The summed E-state index contributed by atoms with van der Waals surface area (Å²) in [6.45, 7) is 27.3. The van der Waals surface area contributed by atoms with Gasteiger partial charge in [-0.2, -0.15) is 0 Å². The van der Waals surface area contributed by atoms with E-state index >= 15 is 0 Å². The van der Waals surface area contributed by atoms with Crippen molar-refractivity contribution in [2.45, 2.75) is 46.8 Å². The van der Waals surface area contributed by atoms with Gasteiger partial charge in [0.25, 0.3) is 0 Å². The standard InChI is InChI=1S/2C12H20O4P.H2O4S/c2*1-5-9(13)17(10(14)6-2,11(15)7-3)12(16)8-4;1-5(2,3)4/h2*5-16H,1-4H2;(H2,1,2,3,4)/q2*+1;/p-2. The Morgan fingerprint density at radius 2 is 0.487 bits per heavy atom. The van der Waals surface area contributed by atoms with Gasteiger partial charge in [0.1, 0.15) is 14.5 Å². The molecule has 0 aliphatic heterocycles. The van der Waals surface area contributed by atoms with Crippen LogP contribution < -0.4 is 0 Å². The van der Waals surface area contributed by atoms with E-state index in [-0.39, 0.29) is 0 Å². The lowest BCUT2D eigenvalue weighted by Gasteiger charge is -2.37. The van der Waals surface area contributed by atoms with Gasteiger partial charge in [0.2, 0.25) is 0 Å². The summed E-state index contributed by atoms with van der Waals surface area (Å²) in [5.74, 6) is -10.0. The number of rotatable bonds is 16. The molecule has 0 fully saturated rings. The van der Waals surface area contributed by atoms with Gasteiger partial charge in [0.05, 0.1) is 0 Å². The molecule has 0 aromatic carbocycles. The molecule has 0 saturated heterocycles. The molecule has 12 nitrogen and oxygen atoms in total. The second-order valence-electron chi connectivity index (χ2n) is 7.39. The smallest absolute Gasteiger partial charge is 0.191 e. The van der Waals surface area contributed by atoms with Crippen molar-refractivity contribution in [1.29, 1.82) is 0 Å². The van der Waals surface area contributed by atoms with Gasteiger partial charge in [-0.25, -0.2) is 0 Å². The molecular formula is C24H40O12P2S. The molecule has 0 aromatic heterocycles. The Morgan fingerprint density at radius 3 is 0.538 bits per heavy atom. The molecule has 8 N–H and O–H groups in total. The Labute approximate surface area is 231 Å². The molecule has 0 heterocycles. The van der Waals surface area contributed by atoms with Crippen molar-refractivity contribution in [3.63, 3.8) is 0 Å². The van der Waals surface area contributed by atoms with Gasteiger partial charge in [0, 0.05) is 10.4 Å². The van der Waals surface area contributed by atoms with E-state index in [4.69, 9.17) is 17.5 Å². The van der Waals surface area contributed by atoms with Crippen LogP contribution in [0.3, 0.4) is 0 Å². The summed E-state index contributed by atoms with van der Waals surface area (Å²) in [6, 6.07) is 0. The Balaban J connectivity index is -0.000000566. The van der Waals surface area contributed by atoms with E-state index in [9.17, 15) is 40.9 Å². The minimum atomic E-state index is -5.17. The third-order valence-corrected chi connectivity index (χ3v) is 14.4. The molecule has 0 radical (unpaired) electrons. The van der Waals surface area contributed by atoms with E-state index in [1.165, 1.54) is 48.6 Å². The number of hydrogen-bond donors (Lipinski definition) is 8. The minimum Gasteiger partial charge on any atom is -0.759 e. The molecule has 39 heavy (non-hydrogen) atoms. The molecular weight excluding hydrogens is 574 g/mol. The molecule has 0 rings (SSSR count). The fourth-order valence-corrected chi connectivity index (χ4v) is 10.0. The number of hydrogen-bond acceptors (Lipinski definition) is 12. The van der Waals surface area contributed by atoms with E-state index in [1.807, 2.05) is 0 Å². The van der Waals surface area contributed by atoms with Gasteiger partial charge < -0.3 is 50.0 Å². The lowest BCUT2D eigenvalue weighted by atomic mass is 10.6. The van der Waals surface area contributed by atoms with Gasteiger partial charge >= 0.3 is 0 Å². The summed E-state index contributed by atoms with van der Waals surface area (Å²) in [7, 11) is -11.4. The molecule has 15 heteroatoms. The highest BCUT2D eigenvalue weighted by atomic mass is 32.3. The highest BCUT2D eigenvalue weighted by Crippen LogP contribution is 2.73. The van der Waals surface area contributed by atoms with Crippen LogP contribution in [0.15, 0.2) is 101 Å². The monoisotopic (exact) mass is 614 g/mol. The van der Waals surface area contributed by atoms with E-state index in [0.29, 0.717) is 0 Å². The van der Waals surface area contributed by atoms with Crippen LogP contribution in [0.1, 0.15) is 0 Å². The summed E-state index contributed by atoms with van der Waals surface area (Å²) in [6.07, 6.45) is 9.33. The summed E-state index contributed by atoms with van der Waals surface area (Å²) >= 11 is 0. The second kappa shape index (κ2) is 19.4. The topological polar surface area (TPSA) is 242 Å². The molecule has 8 atom stereocenters. The van der Waals surface area contributed by atoms with Crippen molar-refractivity contribution in [3.8, 4) is 0 Å². The fourth-order valence-electron chi connectivity index (χ4n) is 3.34. The van der Waals surface area contributed by atoms with E-state index < -0.39 is 71.7 Å². The largest absolute Gasteiger partial charge is 0.759 e. The minimum absolute atomic E-state index is 1.17. The molecule has 0 saturated carbocycles. The van der Waals surface area contributed by atoms with Gasteiger partial charge in [0.15, 0.2) is 46.8 Å². The third-order valence-electron chi connectivity index (χ3n) is 5.35. The van der Waals surface area contributed by atoms with Crippen molar-refractivity contribution in [1.82, 2.24) is 0 Å². The van der Waals surface area contributed by atoms with Crippen LogP contribution in [0.5, 0.6) is 0 Å². The van der Waals surface area contributed by atoms with E-state index in [2.05, 4.69) is 52.6 Å². The lowest BCUT2D eigenvalue weighted by Crippen LogP contribution is -2.36. The normalized spacial score (nSPS) is 20.2. The first-order chi connectivity index (χ1) is 17.9. The molecule has 0 aliphatic carbocycles. The van der Waals surface area contributed by atoms with Crippen LogP contribution in [0.4, 0.5) is 0 Å². The van der Waals surface area contributed by atoms with Crippen LogP contribution >= 0.6 is 14.5 Å². The van der Waals surface area contributed by atoms with Crippen LogP contribution in [0.2, 0.25) is 0 Å². The SMILES string of the molecule is C=CC(O)[P+](C(O)C=C)(C(O)C=C)C(O)C=C.C=CC(O)[P+](C(O)C=C)(C(O)C=C)C(O)C=C.O=S(=O)([O-])[O-]. The highest BCUT2D eigenvalue weighted by molar-refractivity contribution is 7.79. The molecule has 0 spiro atoms. The maximum atomic E-state index is 9.98. The quantitative estimate of drug-likeness (QED) is 0.0519. The summed E-state index contributed by atoms with van der Waals surface area (Å²) in [5, 5.41) is 79.8. The predicted octanol–water partition coefficient (Wildman–Crippen LogP) is 0.705. The van der Waals surface area contributed by atoms with Gasteiger partial charge in [-0.15, -0.1) is 0 Å². The molecule has 8 unspecified atom stereocenters. The zero-order valence-corrected chi connectivity index (χ0v) is 24.0. The van der Waals surface area contributed by atoms with E-state index in [0.717, 1.165) is 0 Å². The number of aliphatic hydroxyl groups is 8. The maximum absolute atomic E-state index is 9.98. The Morgan fingerprint density at radius 1 is 0.410 bits per heavy atom. The maximum Gasteiger partial charge on any atom is 0.191 e. The summed E-state index contributed by atoms with van der Waals surface area (Å²) < 4.78 is 34.1. The Kier molecular flexibility index (Phi) is 20.8. The van der Waals surface area contributed by atoms with Crippen molar-refractivity contribution >= 4 is 24.9 Å². The van der Waals surface area contributed by atoms with Gasteiger partial charge in [-0.05, 0) is 48.6 Å². The van der Waals surface area contributed by atoms with Crippen molar-refractivity contribution < 1.29 is 58.4 Å². The zero-order chi connectivity index (χ0) is 31.8. The van der Waals surface area contributed by atoms with Crippen molar-refractivity contribution in [2.75, 3.05) is 0 Å². The predicted molar refractivity (Wildman–Crippen MR) is 154 cm³/mol. The van der Waals surface area contributed by atoms with Crippen molar-refractivity contribution in [3.05, 3.63) is 101 Å². The van der Waals surface area contributed by atoms with Gasteiger partial charge in [-0.1, -0.05) is 52.6 Å². The summed E-state index contributed by atoms with van der Waals surface area (Å²) in [4.78, 5) is 0. The zero-order valence-electron chi connectivity index (χ0n) is 21.4. The Bertz CT molecular complexity index is 748. The third kappa shape index (κ3) is 11.0. The molecule has 0 amide bonds. The fraction of sp³-hybridized carbons (Fsp3) is 0.333. The Hall–Kier alpha value is -1.67. The molecule has 0 aliphatic rings. The average molecular weight is 615 g/mol.